The van der Waals surface area contributed by atoms with Crippen LogP contribution in [0.1, 0.15) is 10.5 Å². The van der Waals surface area contributed by atoms with Crippen LogP contribution in [0.4, 0.5) is 5.69 Å². The van der Waals surface area contributed by atoms with Gasteiger partial charge in [-0.1, -0.05) is 40.9 Å². The lowest BCUT2D eigenvalue weighted by Crippen LogP contribution is -2.15. The summed E-state index contributed by atoms with van der Waals surface area (Å²) < 4.78 is 1.79. The average Bonchev–Trinajstić information content (AvgIpc) is 2.77. The van der Waals surface area contributed by atoms with Gasteiger partial charge in [0.25, 0.3) is 5.91 Å². The minimum absolute atomic E-state index is 0.256. The Labute approximate surface area is 142 Å². The first-order valence-corrected chi connectivity index (χ1v) is 7.60. The Morgan fingerprint density at radius 3 is 2.36 bits per heavy atom. The maximum absolute atomic E-state index is 12.5. The number of rotatable bonds is 2. The second-order valence-electron chi connectivity index (χ2n) is 4.87. The molecule has 3 rings (SSSR count). The second kappa shape index (κ2) is 5.84. The molecule has 1 N–H and O–H groups in total. The average molecular weight is 354 g/mol. The molecule has 1 aromatic heterocycles. The summed E-state index contributed by atoms with van der Waals surface area (Å²) in [6.45, 7) is 0. The fourth-order valence-electron chi connectivity index (χ4n) is 2.36. The highest BCUT2D eigenvalue weighted by Crippen LogP contribution is 2.27. The number of amides is 1. The maximum Gasteiger partial charge on any atom is 0.272 e. The smallest absolute Gasteiger partial charge is 0.272 e. The van der Waals surface area contributed by atoms with Gasteiger partial charge in [-0.15, -0.1) is 0 Å². The molecule has 112 valence electrons. The van der Waals surface area contributed by atoms with Gasteiger partial charge in [-0.25, -0.2) is 0 Å². The van der Waals surface area contributed by atoms with Crippen LogP contribution in [0.5, 0.6) is 0 Å². The zero-order valence-electron chi connectivity index (χ0n) is 11.5. The monoisotopic (exact) mass is 352 g/mol. The van der Waals surface area contributed by atoms with Crippen LogP contribution in [0.15, 0.2) is 42.5 Å². The van der Waals surface area contributed by atoms with Crippen LogP contribution >= 0.6 is 34.8 Å². The van der Waals surface area contributed by atoms with E-state index in [4.69, 9.17) is 34.8 Å². The number of fused-ring (bicyclic) bond motifs is 1. The van der Waals surface area contributed by atoms with Crippen LogP contribution < -0.4 is 5.32 Å². The van der Waals surface area contributed by atoms with Crippen molar-refractivity contribution in [3.05, 3.63) is 63.2 Å². The predicted molar refractivity (Wildman–Crippen MR) is 92.3 cm³/mol. The van der Waals surface area contributed by atoms with Crippen molar-refractivity contribution in [1.82, 2.24) is 4.57 Å². The van der Waals surface area contributed by atoms with Crippen molar-refractivity contribution in [3.63, 3.8) is 0 Å². The lowest BCUT2D eigenvalue weighted by molar-refractivity contribution is 0.102. The van der Waals surface area contributed by atoms with Crippen LogP contribution in [0.25, 0.3) is 10.9 Å². The Morgan fingerprint density at radius 1 is 1.05 bits per heavy atom. The van der Waals surface area contributed by atoms with E-state index in [9.17, 15) is 4.79 Å². The summed E-state index contributed by atoms with van der Waals surface area (Å²) in [4.78, 5) is 12.5. The SMILES string of the molecule is Cn1c(C(=O)Nc2cc(Cl)cc(Cl)c2)cc2c(Cl)cccc21. The number of hydrogen-bond acceptors (Lipinski definition) is 1. The lowest BCUT2D eigenvalue weighted by atomic mass is 10.2. The molecule has 0 spiro atoms. The Morgan fingerprint density at radius 2 is 1.73 bits per heavy atom. The number of hydrogen-bond donors (Lipinski definition) is 1. The topological polar surface area (TPSA) is 34.0 Å². The van der Waals surface area contributed by atoms with Gasteiger partial charge in [-0.2, -0.15) is 0 Å². The van der Waals surface area contributed by atoms with Crippen molar-refractivity contribution >= 4 is 57.3 Å². The van der Waals surface area contributed by atoms with Gasteiger partial charge in [0, 0.05) is 38.7 Å². The molecule has 0 aliphatic carbocycles. The maximum atomic E-state index is 12.5. The molecule has 1 heterocycles. The minimum Gasteiger partial charge on any atom is -0.340 e. The van der Waals surface area contributed by atoms with Gasteiger partial charge >= 0.3 is 0 Å². The summed E-state index contributed by atoms with van der Waals surface area (Å²) in [6.07, 6.45) is 0. The highest BCUT2D eigenvalue weighted by Gasteiger charge is 2.15. The van der Waals surface area contributed by atoms with Crippen molar-refractivity contribution in [2.45, 2.75) is 0 Å². The van der Waals surface area contributed by atoms with E-state index in [2.05, 4.69) is 5.32 Å². The Balaban J connectivity index is 1.99. The molecule has 0 fully saturated rings. The van der Waals surface area contributed by atoms with Crippen molar-refractivity contribution in [1.29, 1.82) is 0 Å². The van der Waals surface area contributed by atoms with Gasteiger partial charge in [0.15, 0.2) is 0 Å². The molecule has 22 heavy (non-hydrogen) atoms. The minimum atomic E-state index is -0.256. The molecule has 0 radical (unpaired) electrons. The number of nitrogens with one attached hydrogen (secondary N) is 1. The third-order valence-electron chi connectivity index (χ3n) is 3.39. The number of nitrogens with zero attached hydrogens (tertiary/aromatic N) is 1. The van der Waals surface area contributed by atoms with Crippen LogP contribution in [0, 0.1) is 0 Å². The van der Waals surface area contributed by atoms with Crippen LogP contribution in [-0.4, -0.2) is 10.5 Å². The van der Waals surface area contributed by atoms with E-state index in [1.165, 1.54) is 0 Å². The van der Waals surface area contributed by atoms with E-state index in [0.29, 0.717) is 26.4 Å². The summed E-state index contributed by atoms with van der Waals surface area (Å²) in [5, 5.41) is 5.15. The van der Waals surface area contributed by atoms with Crippen molar-refractivity contribution in [2.75, 3.05) is 5.32 Å². The van der Waals surface area contributed by atoms with Crippen molar-refractivity contribution < 1.29 is 4.79 Å². The molecular formula is C16H11Cl3N2O. The van der Waals surface area contributed by atoms with Gasteiger partial charge in [-0.3, -0.25) is 4.79 Å². The predicted octanol–water partition coefficient (Wildman–Crippen LogP) is 5.39. The quantitative estimate of drug-likeness (QED) is 0.658. The molecule has 1 amide bonds. The van der Waals surface area contributed by atoms with E-state index in [1.807, 2.05) is 19.2 Å². The molecule has 3 aromatic rings. The largest absolute Gasteiger partial charge is 0.340 e. The van der Waals surface area contributed by atoms with Crippen LogP contribution in [-0.2, 0) is 7.05 Å². The second-order valence-corrected chi connectivity index (χ2v) is 6.15. The molecular weight excluding hydrogens is 343 g/mol. The molecule has 0 saturated carbocycles. The third kappa shape index (κ3) is 2.80. The Kier molecular flexibility index (Phi) is 4.04. The first-order chi connectivity index (χ1) is 10.5. The number of benzene rings is 2. The third-order valence-corrected chi connectivity index (χ3v) is 4.15. The van der Waals surface area contributed by atoms with Gasteiger partial charge in [0.1, 0.15) is 5.69 Å². The molecule has 0 aliphatic rings. The van der Waals surface area contributed by atoms with Crippen molar-refractivity contribution in [3.8, 4) is 0 Å². The van der Waals surface area contributed by atoms with Gasteiger partial charge < -0.3 is 9.88 Å². The van der Waals surface area contributed by atoms with E-state index in [-0.39, 0.29) is 5.91 Å². The number of aromatic nitrogens is 1. The van der Waals surface area contributed by atoms with Gasteiger partial charge in [0.05, 0.1) is 0 Å². The molecule has 0 bridgehead atoms. The molecule has 2 aromatic carbocycles. The fraction of sp³-hybridized carbons (Fsp3) is 0.0625. The van der Waals surface area contributed by atoms with E-state index < -0.39 is 0 Å². The molecule has 3 nitrogen and oxygen atoms in total. The molecule has 6 heteroatoms. The number of carbonyl (C=O) groups is 1. The Hall–Kier alpha value is -1.68. The zero-order valence-corrected chi connectivity index (χ0v) is 13.8. The fourth-order valence-corrected chi connectivity index (χ4v) is 3.11. The number of carbonyl (C=O) groups excluding carboxylic acids is 1. The molecule has 0 saturated heterocycles. The highest BCUT2D eigenvalue weighted by atomic mass is 35.5. The standard InChI is InChI=1S/C16H11Cl3N2O/c1-21-14-4-2-3-13(19)12(14)8-15(21)16(22)20-11-6-9(17)5-10(18)7-11/h2-8H,1H3,(H,20,22). The van der Waals surface area contributed by atoms with Crippen molar-refractivity contribution in [2.24, 2.45) is 7.05 Å². The Bertz CT molecular complexity index is 866. The number of anilines is 1. The summed E-state index contributed by atoms with van der Waals surface area (Å²) in [5.41, 5.74) is 1.93. The summed E-state index contributed by atoms with van der Waals surface area (Å²) >= 11 is 18.0. The summed E-state index contributed by atoms with van der Waals surface area (Å²) in [6, 6.07) is 12.2. The summed E-state index contributed by atoms with van der Waals surface area (Å²) in [7, 11) is 1.82. The normalized spacial score (nSPS) is 10.9. The number of halogens is 3. The molecule has 0 atom stereocenters. The molecule has 0 unspecified atom stereocenters. The van der Waals surface area contributed by atoms with Gasteiger partial charge in [-0.05, 0) is 36.4 Å². The van der Waals surface area contributed by atoms with E-state index in [1.54, 1.807) is 34.9 Å². The number of aryl methyl sites for hydroxylation is 1. The van der Waals surface area contributed by atoms with Gasteiger partial charge in [0.2, 0.25) is 0 Å². The lowest BCUT2D eigenvalue weighted by Gasteiger charge is -2.07. The summed E-state index contributed by atoms with van der Waals surface area (Å²) in [5.74, 6) is -0.256. The first-order valence-electron chi connectivity index (χ1n) is 6.47. The van der Waals surface area contributed by atoms with E-state index in [0.717, 1.165) is 10.9 Å². The van der Waals surface area contributed by atoms with Crippen LogP contribution in [0.3, 0.4) is 0 Å². The molecule has 0 aliphatic heterocycles. The highest BCUT2D eigenvalue weighted by molar-refractivity contribution is 6.36. The first kappa shape index (κ1) is 15.2. The van der Waals surface area contributed by atoms with Crippen LogP contribution in [0.2, 0.25) is 15.1 Å². The van der Waals surface area contributed by atoms with E-state index >= 15 is 0 Å². The zero-order chi connectivity index (χ0) is 15.9.